The molecule has 1 unspecified atom stereocenters. The molecule has 1 rings (SSSR count). The van der Waals surface area contributed by atoms with Crippen LogP contribution < -0.4 is 0 Å². The van der Waals surface area contributed by atoms with Gasteiger partial charge in [0.05, 0.1) is 5.60 Å². The second kappa shape index (κ2) is 4.91. The van der Waals surface area contributed by atoms with Crippen LogP contribution in [0.5, 0.6) is 0 Å². The van der Waals surface area contributed by atoms with Crippen LogP contribution in [-0.2, 0) is 0 Å². The molecule has 0 radical (unpaired) electrons. The summed E-state index contributed by atoms with van der Waals surface area (Å²) in [5.74, 6) is 0.670. The molecular formula is C15H28O. The van der Waals surface area contributed by atoms with E-state index in [1.807, 2.05) is 6.92 Å². The van der Waals surface area contributed by atoms with Crippen LogP contribution in [0.4, 0.5) is 0 Å². The lowest BCUT2D eigenvalue weighted by Crippen LogP contribution is -2.32. The summed E-state index contributed by atoms with van der Waals surface area (Å²) in [4.78, 5) is 0. The first kappa shape index (κ1) is 13.8. The molecule has 0 spiro atoms. The number of rotatable bonds is 4. The van der Waals surface area contributed by atoms with Gasteiger partial charge in [-0.25, -0.2) is 0 Å². The fraction of sp³-hybridized carbons (Fsp3) is 0.867. The molecule has 1 aliphatic carbocycles. The van der Waals surface area contributed by atoms with Crippen LogP contribution in [0.2, 0.25) is 0 Å². The van der Waals surface area contributed by atoms with Crippen LogP contribution in [0.3, 0.4) is 0 Å². The highest BCUT2D eigenvalue weighted by atomic mass is 16.3. The quantitative estimate of drug-likeness (QED) is 0.705. The van der Waals surface area contributed by atoms with Gasteiger partial charge in [0.15, 0.2) is 0 Å². The Morgan fingerprint density at radius 2 is 2.06 bits per heavy atom. The van der Waals surface area contributed by atoms with Gasteiger partial charge in [-0.3, -0.25) is 0 Å². The van der Waals surface area contributed by atoms with Gasteiger partial charge in [0.25, 0.3) is 0 Å². The number of aliphatic hydroxyl groups is 1. The predicted octanol–water partition coefficient (Wildman–Crippen LogP) is 4.31. The number of hydrogen-bond donors (Lipinski definition) is 1. The third-order valence-electron chi connectivity index (χ3n) is 3.78. The van der Waals surface area contributed by atoms with Crippen molar-refractivity contribution in [1.82, 2.24) is 0 Å². The summed E-state index contributed by atoms with van der Waals surface area (Å²) < 4.78 is 0. The molecule has 1 N–H and O–H groups in total. The maximum atomic E-state index is 10.6. The van der Waals surface area contributed by atoms with Crippen LogP contribution >= 0.6 is 0 Å². The fourth-order valence-corrected chi connectivity index (χ4v) is 2.45. The molecule has 0 heterocycles. The lowest BCUT2D eigenvalue weighted by Gasteiger charge is -2.37. The van der Waals surface area contributed by atoms with E-state index < -0.39 is 5.60 Å². The minimum Gasteiger partial charge on any atom is -0.386 e. The highest BCUT2D eigenvalue weighted by Crippen LogP contribution is 2.40. The Morgan fingerprint density at radius 1 is 1.44 bits per heavy atom. The van der Waals surface area contributed by atoms with Crippen LogP contribution in [0, 0.1) is 11.3 Å². The summed E-state index contributed by atoms with van der Waals surface area (Å²) in [6.45, 7) is 11.0. The molecule has 0 aromatic rings. The Balaban J connectivity index is 2.64. The summed E-state index contributed by atoms with van der Waals surface area (Å²) in [6, 6.07) is 0. The number of hydrogen-bond acceptors (Lipinski definition) is 1. The molecular weight excluding hydrogens is 196 g/mol. The van der Waals surface area contributed by atoms with Crippen molar-refractivity contribution in [3.63, 3.8) is 0 Å². The first-order valence-electron chi connectivity index (χ1n) is 6.65. The fourth-order valence-electron chi connectivity index (χ4n) is 2.45. The Hall–Kier alpha value is -0.300. The van der Waals surface area contributed by atoms with E-state index in [0.29, 0.717) is 11.3 Å². The average molecular weight is 224 g/mol. The minimum absolute atomic E-state index is 0.367. The van der Waals surface area contributed by atoms with Gasteiger partial charge in [-0.05, 0) is 55.9 Å². The van der Waals surface area contributed by atoms with Crippen molar-refractivity contribution >= 4 is 0 Å². The molecule has 1 nitrogen and oxygen atoms in total. The molecule has 0 fully saturated rings. The van der Waals surface area contributed by atoms with Crippen LogP contribution in [0.1, 0.15) is 66.7 Å². The molecule has 0 bridgehead atoms. The molecule has 0 aromatic carbocycles. The molecule has 0 amide bonds. The first-order valence-corrected chi connectivity index (χ1v) is 6.65. The second-order valence-electron chi connectivity index (χ2n) is 6.82. The predicted molar refractivity (Wildman–Crippen MR) is 70.4 cm³/mol. The smallest absolute Gasteiger partial charge is 0.0829 e. The zero-order valence-corrected chi connectivity index (χ0v) is 11.6. The maximum absolute atomic E-state index is 10.6. The van der Waals surface area contributed by atoms with Gasteiger partial charge >= 0.3 is 0 Å². The SMILES string of the molecule is CC(C)CCC(C)(O)C1=CCCC(C)(C)C1. The van der Waals surface area contributed by atoms with Crippen molar-refractivity contribution < 1.29 is 5.11 Å². The average Bonchev–Trinajstić information content (AvgIpc) is 2.13. The molecule has 16 heavy (non-hydrogen) atoms. The molecule has 1 heteroatoms. The lowest BCUT2D eigenvalue weighted by atomic mass is 9.72. The van der Waals surface area contributed by atoms with Crippen LogP contribution in [0.15, 0.2) is 11.6 Å². The largest absolute Gasteiger partial charge is 0.386 e. The second-order valence-corrected chi connectivity index (χ2v) is 6.82. The Labute approximate surface area is 101 Å². The van der Waals surface area contributed by atoms with Gasteiger partial charge in [-0.15, -0.1) is 0 Å². The van der Waals surface area contributed by atoms with Crippen molar-refractivity contribution in [1.29, 1.82) is 0 Å². The zero-order valence-electron chi connectivity index (χ0n) is 11.6. The Morgan fingerprint density at radius 3 is 2.56 bits per heavy atom. The van der Waals surface area contributed by atoms with E-state index >= 15 is 0 Å². The highest BCUT2D eigenvalue weighted by molar-refractivity contribution is 5.19. The van der Waals surface area contributed by atoms with E-state index in [9.17, 15) is 5.11 Å². The maximum Gasteiger partial charge on any atom is 0.0829 e. The van der Waals surface area contributed by atoms with Gasteiger partial charge in [0.1, 0.15) is 0 Å². The molecule has 0 saturated heterocycles. The molecule has 0 saturated carbocycles. The minimum atomic E-state index is -0.581. The van der Waals surface area contributed by atoms with Crippen molar-refractivity contribution in [2.75, 3.05) is 0 Å². The van der Waals surface area contributed by atoms with Crippen molar-refractivity contribution in [2.24, 2.45) is 11.3 Å². The van der Waals surface area contributed by atoms with Crippen molar-refractivity contribution in [2.45, 2.75) is 72.3 Å². The Bertz CT molecular complexity index is 259. The van der Waals surface area contributed by atoms with E-state index in [1.54, 1.807) is 0 Å². The molecule has 1 atom stereocenters. The topological polar surface area (TPSA) is 20.2 Å². The van der Waals surface area contributed by atoms with Gasteiger partial charge in [-0.1, -0.05) is 33.8 Å². The molecule has 0 aromatic heterocycles. The molecule has 1 aliphatic rings. The third kappa shape index (κ3) is 3.93. The molecule has 0 aliphatic heterocycles. The van der Waals surface area contributed by atoms with Crippen LogP contribution in [0.25, 0.3) is 0 Å². The van der Waals surface area contributed by atoms with Crippen molar-refractivity contribution in [3.05, 3.63) is 11.6 Å². The van der Waals surface area contributed by atoms with Gasteiger partial charge in [0, 0.05) is 0 Å². The van der Waals surface area contributed by atoms with E-state index in [0.717, 1.165) is 25.7 Å². The lowest BCUT2D eigenvalue weighted by molar-refractivity contribution is 0.0691. The van der Waals surface area contributed by atoms with Gasteiger partial charge in [0.2, 0.25) is 0 Å². The zero-order chi connectivity index (χ0) is 12.4. The first-order chi connectivity index (χ1) is 7.23. The van der Waals surface area contributed by atoms with Crippen molar-refractivity contribution in [3.8, 4) is 0 Å². The van der Waals surface area contributed by atoms with E-state index in [4.69, 9.17) is 0 Å². The molecule has 94 valence electrons. The van der Waals surface area contributed by atoms with Gasteiger partial charge < -0.3 is 5.11 Å². The normalized spacial score (nSPS) is 24.1. The standard InChI is InChI=1S/C15H28O/c1-12(2)8-10-15(5,16)13-7-6-9-14(3,4)11-13/h7,12,16H,6,8-11H2,1-5H3. The summed E-state index contributed by atoms with van der Waals surface area (Å²) in [5, 5.41) is 10.6. The van der Waals surface area contributed by atoms with Crippen LogP contribution in [-0.4, -0.2) is 10.7 Å². The van der Waals surface area contributed by atoms with E-state index in [1.165, 1.54) is 12.0 Å². The van der Waals surface area contributed by atoms with E-state index in [2.05, 4.69) is 33.8 Å². The van der Waals surface area contributed by atoms with Gasteiger partial charge in [-0.2, -0.15) is 0 Å². The van der Waals surface area contributed by atoms with E-state index in [-0.39, 0.29) is 0 Å². The summed E-state index contributed by atoms with van der Waals surface area (Å²) in [5.41, 5.74) is 1.05. The summed E-state index contributed by atoms with van der Waals surface area (Å²) >= 11 is 0. The summed E-state index contributed by atoms with van der Waals surface area (Å²) in [7, 11) is 0. The summed E-state index contributed by atoms with van der Waals surface area (Å²) in [6.07, 6.45) is 7.69. The monoisotopic (exact) mass is 224 g/mol. The highest BCUT2D eigenvalue weighted by Gasteiger charge is 2.32. The Kier molecular flexibility index (Phi) is 4.23. The third-order valence-corrected chi connectivity index (χ3v) is 3.78. The number of allylic oxidation sites excluding steroid dienone is 1.